The molecule has 0 unspecified atom stereocenters. The zero-order valence-corrected chi connectivity index (χ0v) is 25.0. The highest BCUT2D eigenvalue weighted by Crippen LogP contribution is 2.67. The molecule has 1 heteroatoms. The van der Waals surface area contributed by atoms with Gasteiger partial charge in [0.05, 0.1) is 22.5 Å². The molecule has 7 aromatic carbocycles. The Labute approximate surface area is 268 Å². The normalized spacial score (nSPS) is 14.8. The maximum atomic E-state index is 9.77. The summed E-state index contributed by atoms with van der Waals surface area (Å²) in [6.07, 6.45) is 0. The minimum atomic E-state index is -0.514. The number of fused-ring (bicyclic) bond motifs is 16. The minimum Gasteiger partial charge on any atom is -0.192 e. The summed E-state index contributed by atoms with van der Waals surface area (Å²) in [4.78, 5) is 0. The summed E-state index contributed by atoms with van der Waals surface area (Å²) in [5.41, 5.74) is 17.6. The summed E-state index contributed by atoms with van der Waals surface area (Å²) >= 11 is 0. The van der Waals surface area contributed by atoms with Crippen LogP contribution in [0.3, 0.4) is 0 Å². The standard InChI is InChI=1S/C45H27N/c46-28-29-12-11-13-30(26-29)31-24-25-42-43(27-31)45(38-20-7-3-16-34(38)35-17-4-8-21-39(35)45)41-23-10-9-22-40(41)44(42)36-18-5-1-14-32(36)33-15-2-6-19-37(33)44/h1-27H. The van der Waals surface area contributed by atoms with Crippen LogP contribution in [-0.2, 0) is 10.8 Å². The van der Waals surface area contributed by atoms with Gasteiger partial charge in [-0.3, -0.25) is 0 Å². The Morgan fingerprint density at radius 2 is 0.717 bits per heavy atom. The summed E-state index contributed by atoms with van der Waals surface area (Å²) in [5.74, 6) is 0. The second-order valence-electron chi connectivity index (χ2n) is 12.7. The molecular formula is C45H27N. The van der Waals surface area contributed by atoms with Crippen LogP contribution >= 0.6 is 0 Å². The molecule has 3 aliphatic carbocycles. The van der Waals surface area contributed by atoms with Crippen molar-refractivity contribution in [3.8, 4) is 39.4 Å². The molecule has 0 aliphatic heterocycles. The molecule has 0 radical (unpaired) electrons. The molecule has 0 N–H and O–H groups in total. The van der Waals surface area contributed by atoms with Gasteiger partial charge in [0.1, 0.15) is 0 Å². The molecule has 0 bridgehead atoms. The van der Waals surface area contributed by atoms with Crippen molar-refractivity contribution in [2.45, 2.75) is 10.8 Å². The van der Waals surface area contributed by atoms with Gasteiger partial charge in [0, 0.05) is 0 Å². The topological polar surface area (TPSA) is 23.8 Å². The van der Waals surface area contributed by atoms with Gasteiger partial charge in [-0.2, -0.15) is 5.26 Å². The Balaban J connectivity index is 1.43. The summed E-state index contributed by atoms with van der Waals surface area (Å²) < 4.78 is 0. The molecule has 0 saturated heterocycles. The highest BCUT2D eigenvalue weighted by molar-refractivity contribution is 5.94. The van der Waals surface area contributed by atoms with Crippen LogP contribution in [0.25, 0.3) is 33.4 Å². The highest BCUT2D eigenvalue weighted by atomic mass is 14.6. The largest absolute Gasteiger partial charge is 0.192 e. The van der Waals surface area contributed by atoms with Crippen molar-refractivity contribution in [2.24, 2.45) is 0 Å². The molecule has 0 aromatic heterocycles. The predicted molar refractivity (Wildman–Crippen MR) is 185 cm³/mol. The van der Waals surface area contributed by atoms with Crippen LogP contribution in [0, 0.1) is 11.3 Å². The monoisotopic (exact) mass is 581 g/mol. The van der Waals surface area contributed by atoms with Crippen LogP contribution in [-0.4, -0.2) is 0 Å². The molecule has 0 amide bonds. The number of nitriles is 1. The fourth-order valence-electron chi connectivity index (χ4n) is 9.19. The van der Waals surface area contributed by atoms with E-state index >= 15 is 0 Å². The van der Waals surface area contributed by atoms with E-state index in [0.29, 0.717) is 5.56 Å². The van der Waals surface area contributed by atoms with Crippen molar-refractivity contribution < 1.29 is 0 Å². The van der Waals surface area contributed by atoms with E-state index in [-0.39, 0.29) is 0 Å². The van der Waals surface area contributed by atoms with Gasteiger partial charge in [-0.1, -0.05) is 146 Å². The molecule has 0 atom stereocenters. The van der Waals surface area contributed by atoms with Crippen LogP contribution in [0.5, 0.6) is 0 Å². The highest BCUT2D eigenvalue weighted by Gasteiger charge is 2.58. The smallest absolute Gasteiger partial charge is 0.0991 e. The number of benzene rings is 7. The van der Waals surface area contributed by atoms with Crippen molar-refractivity contribution in [3.05, 3.63) is 214 Å². The van der Waals surface area contributed by atoms with E-state index < -0.39 is 10.8 Å². The summed E-state index contributed by atoms with van der Waals surface area (Å²) in [5, 5.41) is 9.77. The summed E-state index contributed by atoms with van der Waals surface area (Å²) in [7, 11) is 0. The number of nitrogens with zero attached hydrogens (tertiary/aromatic N) is 1. The van der Waals surface area contributed by atoms with E-state index in [9.17, 15) is 5.26 Å². The van der Waals surface area contributed by atoms with Crippen molar-refractivity contribution in [1.29, 1.82) is 5.26 Å². The molecule has 10 rings (SSSR count). The van der Waals surface area contributed by atoms with Gasteiger partial charge in [-0.15, -0.1) is 0 Å². The lowest BCUT2D eigenvalue weighted by Crippen LogP contribution is -2.43. The Morgan fingerprint density at radius 3 is 1.20 bits per heavy atom. The summed E-state index contributed by atoms with van der Waals surface area (Å²) in [6.45, 7) is 0. The summed E-state index contributed by atoms with van der Waals surface area (Å²) in [6, 6.07) is 62.6. The van der Waals surface area contributed by atoms with Crippen LogP contribution in [0.2, 0.25) is 0 Å². The molecule has 46 heavy (non-hydrogen) atoms. The van der Waals surface area contributed by atoms with Crippen molar-refractivity contribution >= 4 is 0 Å². The van der Waals surface area contributed by atoms with E-state index in [2.05, 4.69) is 152 Å². The molecule has 1 nitrogen and oxygen atoms in total. The Kier molecular flexibility index (Phi) is 4.98. The molecule has 0 saturated carbocycles. The number of hydrogen-bond acceptors (Lipinski definition) is 1. The van der Waals surface area contributed by atoms with Crippen molar-refractivity contribution in [2.75, 3.05) is 0 Å². The van der Waals surface area contributed by atoms with Crippen LogP contribution in [0.1, 0.15) is 50.1 Å². The van der Waals surface area contributed by atoms with Gasteiger partial charge in [0.25, 0.3) is 0 Å². The lowest BCUT2D eigenvalue weighted by molar-refractivity contribution is 0.633. The maximum Gasteiger partial charge on any atom is 0.0991 e. The molecule has 212 valence electrons. The first-order valence-corrected chi connectivity index (χ1v) is 15.9. The third-order valence-electron chi connectivity index (χ3n) is 10.8. The zero-order valence-electron chi connectivity index (χ0n) is 25.0. The fourth-order valence-corrected chi connectivity index (χ4v) is 9.19. The van der Waals surface area contributed by atoms with Gasteiger partial charge in [0.2, 0.25) is 0 Å². The minimum absolute atomic E-state index is 0.482. The van der Waals surface area contributed by atoms with Crippen LogP contribution < -0.4 is 0 Å². The Hall–Kier alpha value is -5.97. The van der Waals surface area contributed by atoms with Gasteiger partial charge >= 0.3 is 0 Å². The SMILES string of the molecule is N#Cc1cccc(-c2ccc3c(c2)C2(c4ccccc4-c4ccccc42)c2ccccc2C32c3ccccc3-c3ccccc32)c1. The molecular weight excluding hydrogens is 555 g/mol. The molecule has 0 fully saturated rings. The van der Waals surface area contributed by atoms with E-state index in [1.807, 2.05) is 18.2 Å². The third-order valence-corrected chi connectivity index (χ3v) is 10.8. The zero-order chi connectivity index (χ0) is 30.5. The van der Waals surface area contributed by atoms with Crippen LogP contribution in [0.4, 0.5) is 0 Å². The average Bonchev–Trinajstić information content (AvgIpc) is 3.60. The van der Waals surface area contributed by atoms with Crippen LogP contribution in [0.15, 0.2) is 164 Å². The molecule has 7 aromatic rings. The first-order chi connectivity index (χ1) is 22.8. The van der Waals surface area contributed by atoms with E-state index in [1.54, 1.807) is 0 Å². The second kappa shape index (κ2) is 9.04. The number of rotatable bonds is 1. The average molecular weight is 582 g/mol. The maximum absolute atomic E-state index is 9.77. The van der Waals surface area contributed by atoms with E-state index in [0.717, 1.165) is 11.1 Å². The van der Waals surface area contributed by atoms with E-state index in [1.165, 1.54) is 66.8 Å². The first kappa shape index (κ1) is 25.4. The van der Waals surface area contributed by atoms with Gasteiger partial charge in [-0.25, -0.2) is 0 Å². The number of hydrogen-bond donors (Lipinski definition) is 0. The van der Waals surface area contributed by atoms with Gasteiger partial charge < -0.3 is 0 Å². The quantitative estimate of drug-likeness (QED) is 0.189. The Bertz CT molecular complexity index is 2360. The predicted octanol–water partition coefficient (Wildman–Crippen LogP) is 10.3. The van der Waals surface area contributed by atoms with Crippen molar-refractivity contribution in [1.82, 2.24) is 0 Å². The molecule has 0 heterocycles. The molecule has 3 aliphatic rings. The lowest BCUT2D eigenvalue weighted by atomic mass is 9.52. The Morgan fingerprint density at radius 1 is 0.326 bits per heavy atom. The van der Waals surface area contributed by atoms with Gasteiger partial charge in [-0.05, 0) is 96.1 Å². The van der Waals surface area contributed by atoms with Gasteiger partial charge in [0.15, 0.2) is 0 Å². The second-order valence-corrected chi connectivity index (χ2v) is 12.7. The third kappa shape index (κ3) is 2.90. The lowest BCUT2D eigenvalue weighted by Gasteiger charge is -2.49. The molecule has 2 spiro atoms. The first-order valence-electron chi connectivity index (χ1n) is 15.9. The van der Waals surface area contributed by atoms with E-state index in [4.69, 9.17) is 0 Å². The fraction of sp³-hybridized carbons (Fsp3) is 0.0444. The van der Waals surface area contributed by atoms with Crippen molar-refractivity contribution in [3.63, 3.8) is 0 Å².